The molecule has 0 aromatic carbocycles. The van der Waals surface area contributed by atoms with Gasteiger partial charge in [-0.05, 0) is 13.3 Å². The standard InChI is InChI=1S/C8H18N2O3S2/c1-3-7(8(9)14)10-15(11,12)6-5-13-4-2/h7,10H,3-6H2,1-2H3,(H2,9,14). The van der Waals surface area contributed by atoms with E-state index in [9.17, 15) is 8.42 Å². The van der Waals surface area contributed by atoms with Gasteiger partial charge in [-0.15, -0.1) is 0 Å². The molecule has 3 N–H and O–H groups in total. The summed E-state index contributed by atoms with van der Waals surface area (Å²) in [6, 6.07) is -0.466. The number of sulfonamides is 1. The van der Waals surface area contributed by atoms with E-state index < -0.39 is 16.1 Å². The van der Waals surface area contributed by atoms with Crippen LogP contribution in [0.25, 0.3) is 0 Å². The van der Waals surface area contributed by atoms with E-state index in [-0.39, 0.29) is 17.3 Å². The number of thiocarbonyl (C=S) groups is 1. The molecule has 0 aliphatic rings. The second-order valence-corrected chi connectivity index (χ2v) is 5.34. The topological polar surface area (TPSA) is 81.4 Å². The summed E-state index contributed by atoms with van der Waals surface area (Å²) >= 11 is 4.74. The van der Waals surface area contributed by atoms with Gasteiger partial charge < -0.3 is 10.5 Å². The lowest BCUT2D eigenvalue weighted by atomic mass is 10.2. The molecule has 1 atom stereocenters. The van der Waals surface area contributed by atoms with Crippen molar-refractivity contribution >= 4 is 27.2 Å². The molecule has 0 fully saturated rings. The van der Waals surface area contributed by atoms with Crippen LogP contribution in [0, 0.1) is 0 Å². The van der Waals surface area contributed by atoms with Gasteiger partial charge in [0, 0.05) is 6.61 Å². The number of hydrogen-bond donors (Lipinski definition) is 2. The molecule has 1 unspecified atom stereocenters. The van der Waals surface area contributed by atoms with Gasteiger partial charge in [-0.1, -0.05) is 19.1 Å². The average Bonchev–Trinajstić information content (AvgIpc) is 2.14. The van der Waals surface area contributed by atoms with Crippen molar-refractivity contribution in [2.75, 3.05) is 19.0 Å². The minimum atomic E-state index is -3.35. The van der Waals surface area contributed by atoms with Crippen LogP contribution in [-0.2, 0) is 14.8 Å². The first-order valence-corrected chi connectivity index (χ1v) is 6.86. The fourth-order valence-electron chi connectivity index (χ4n) is 0.931. The maximum atomic E-state index is 11.5. The molecular formula is C8H18N2O3S2. The summed E-state index contributed by atoms with van der Waals surface area (Å²) in [6.45, 7) is 4.31. The van der Waals surface area contributed by atoms with Crippen LogP contribution >= 0.6 is 12.2 Å². The lowest BCUT2D eigenvalue weighted by molar-refractivity contribution is 0.163. The Morgan fingerprint density at radius 3 is 2.53 bits per heavy atom. The van der Waals surface area contributed by atoms with Crippen molar-refractivity contribution < 1.29 is 13.2 Å². The highest BCUT2D eigenvalue weighted by Crippen LogP contribution is 1.96. The minimum absolute atomic E-state index is 0.0695. The van der Waals surface area contributed by atoms with Gasteiger partial charge in [-0.25, -0.2) is 13.1 Å². The number of ether oxygens (including phenoxy) is 1. The van der Waals surface area contributed by atoms with Gasteiger partial charge in [0.15, 0.2) is 0 Å². The van der Waals surface area contributed by atoms with Gasteiger partial charge in [0.1, 0.15) is 0 Å². The van der Waals surface area contributed by atoms with Crippen LogP contribution in [0.1, 0.15) is 20.3 Å². The van der Waals surface area contributed by atoms with E-state index in [1.807, 2.05) is 13.8 Å². The Morgan fingerprint density at radius 2 is 2.13 bits per heavy atom. The number of nitrogens with one attached hydrogen (secondary N) is 1. The third-order valence-electron chi connectivity index (χ3n) is 1.77. The zero-order valence-corrected chi connectivity index (χ0v) is 10.7. The van der Waals surface area contributed by atoms with Crippen molar-refractivity contribution in [2.45, 2.75) is 26.3 Å². The SMILES string of the molecule is CCOCCS(=O)(=O)NC(CC)C(N)=S. The molecule has 0 aliphatic heterocycles. The number of nitrogens with two attached hydrogens (primary N) is 1. The predicted molar refractivity (Wildman–Crippen MR) is 64.3 cm³/mol. The van der Waals surface area contributed by atoms with E-state index >= 15 is 0 Å². The molecule has 0 spiro atoms. The third kappa shape index (κ3) is 6.77. The molecule has 5 nitrogen and oxygen atoms in total. The monoisotopic (exact) mass is 254 g/mol. The summed E-state index contributed by atoms with van der Waals surface area (Å²) < 4.78 is 30.3. The second kappa shape index (κ2) is 7.10. The molecular weight excluding hydrogens is 236 g/mol. The lowest BCUT2D eigenvalue weighted by Gasteiger charge is -2.15. The molecule has 7 heteroatoms. The van der Waals surface area contributed by atoms with E-state index in [1.54, 1.807) is 0 Å². The first kappa shape index (κ1) is 14.8. The van der Waals surface area contributed by atoms with Crippen molar-refractivity contribution in [1.82, 2.24) is 4.72 Å². The summed E-state index contributed by atoms with van der Waals surface area (Å²) in [5.74, 6) is -0.0695. The highest BCUT2D eigenvalue weighted by molar-refractivity contribution is 7.89. The van der Waals surface area contributed by atoms with Crippen molar-refractivity contribution in [3.05, 3.63) is 0 Å². The molecule has 0 aromatic rings. The zero-order valence-electron chi connectivity index (χ0n) is 9.02. The van der Waals surface area contributed by atoms with Gasteiger partial charge in [0.05, 0.1) is 23.4 Å². The quantitative estimate of drug-likeness (QED) is 0.471. The molecule has 0 saturated heterocycles. The predicted octanol–water partition coefficient (Wildman–Crippen LogP) is 0.00700. The van der Waals surface area contributed by atoms with Crippen molar-refractivity contribution in [3.63, 3.8) is 0 Å². The van der Waals surface area contributed by atoms with Crippen LogP contribution in [0.4, 0.5) is 0 Å². The molecule has 0 amide bonds. The molecule has 0 radical (unpaired) electrons. The first-order chi connectivity index (χ1) is 6.93. The van der Waals surface area contributed by atoms with Crippen LogP contribution in [0.3, 0.4) is 0 Å². The van der Waals surface area contributed by atoms with E-state index in [0.717, 1.165) is 0 Å². The van der Waals surface area contributed by atoms with Crippen LogP contribution in [-0.4, -0.2) is 38.4 Å². The normalized spacial score (nSPS) is 13.7. The van der Waals surface area contributed by atoms with E-state index in [0.29, 0.717) is 13.0 Å². The van der Waals surface area contributed by atoms with Crippen LogP contribution in [0.5, 0.6) is 0 Å². The van der Waals surface area contributed by atoms with Gasteiger partial charge in [-0.2, -0.15) is 0 Å². The largest absolute Gasteiger partial charge is 0.392 e. The number of hydrogen-bond acceptors (Lipinski definition) is 4. The maximum Gasteiger partial charge on any atom is 0.214 e. The summed E-state index contributed by atoms with van der Waals surface area (Å²) in [5.41, 5.74) is 5.38. The molecule has 90 valence electrons. The molecule has 0 aliphatic carbocycles. The molecule has 0 bridgehead atoms. The smallest absolute Gasteiger partial charge is 0.214 e. The minimum Gasteiger partial charge on any atom is -0.392 e. The Labute approximate surface area is 96.4 Å². The Balaban J connectivity index is 4.17. The summed E-state index contributed by atoms with van der Waals surface area (Å²) in [6.07, 6.45) is 0.545. The van der Waals surface area contributed by atoms with Crippen LogP contribution in [0.15, 0.2) is 0 Å². The van der Waals surface area contributed by atoms with E-state index in [2.05, 4.69) is 4.72 Å². The van der Waals surface area contributed by atoms with Crippen molar-refractivity contribution in [2.24, 2.45) is 5.73 Å². The average molecular weight is 254 g/mol. The van der Waals surface area contributed by atoms with Gasteiger partial charge >= 0.3 is 0 Å². The van der Waals surface area contributed by atoms with Crippen molar-refractivity contribution in [3.8, 4) is 0 Å². The van der Waals surface area contributed by atoms with Crippen molar-refractivity contribution in [1.29, 1.82) is 0 Å². The summed E-state index contributed by atoms with van der Waals surface area (Å²) in [7, 11) is -3.35. The van der Waals surface area contributed by atoms with E-state index in [4.69, 9.17) is 22.7 Å². The molecule has 0 aromatic heterocycles. The summed E-state index contributed by atoms with van der Waals surface area (Å²) in [5, 5.41) is 0. The number of rotatable bonds is 8. The molecule has 0 heterocycles. The maximum absolute atomic E-state index is 11.5. The molecule has 15 heavy (non-hydrogen) atoms. The first-order valence-electron chi connectivity index (χ1n) is 4.80. The van der Waals surface area contributed by atoms with Gasteiger partial charge in [-0.3, -0.25) is 0 Å². The fraction of sp³-hybridized carbons (Fsp3) is 0.875. The Morgan fingerprint density at radius 1 is 1.53 bits per heavy atom. The van der Waals surface area contributed by atoms with Gasteiger partial charge in [0.2, 0.25) is 10.0 Å². The molecule has 0 rings (SSSR count). The Bertz CT molecular complexity index is 290. The zero-order chi connectivity index (χ0) is 11.9. The molecule has 0 saturated carbocycles. The van der Waals surface area contributed by atoms with E-state index in [1.165, 1.54) is 0 Å². The highest BCUT2D eigenvalue weighted by Gasteiger charge is 2.17. The van der Waals surface area contributed by atoms with Crippen LogP contribution < -0.4 is 10.5 Å². The summed E-state index contributed by atoms with van der Waals surface area (Å²) in [4.78, 5) is 0.164. The van der Waals surface area contributed by atoms with Crippen LogP contribution in [0.2, 0.25) is 0 Å². The van der Waals surface area contributed by atoms with Gasteiger partial charge in [0.25, 0.3) is 0 Å². The fourth-order valence-corrected chi connectivity index (χ4v) is 2.41. The second-order valence-electron chi connectivity index (χ2n) is 3.00. The Kier molecular flexibility index (Phi) is 6.99. The highest BCUT2D eigenvalue weighted by atomic mass is 32.2. The Hall–Kier alpha value is -0.240. The lowest BCUT2D eigenvalue weighted by Crippen LogP contribution is -2.44. The third-order valence-corrected chi connectivity index (χ3v) is 3.41.